The summed E-state index contributed by atoms with van der Waals surface area (Å²) in [6.07, 6.45) is 4.46. The minimum Gasteiger partial charge on any atom is -0.345 e. The third-order valence-corrected chi connectivity index (χ3v) is 5.09. The second kappa shape index (κ2) is 9.87. The van der Waals surface area contributed by atoms with Crippen LogP contribution in [0.5, 0.6) is 0 Å². The summed E-state index contributed by atoms with van der Waals surface area (Å²) in [5.74, 6) is -0.326. The summed E-state index contributed by atoms with van der Waals surface area (Å²) in [5, 5.41) is 0. The molecule has 3 aromatic rings. The van der Waals surface area contributed by atoms with Crippen LogP contribution in [0.25, 0.3) is 0 Å². The highest BCUT2D eigenvalue weighted by Crippen LogP contribution is 2.23. The maximum absolute atomic E-state index is 13.5. The van der Waals surface area contributed by atoms with E-state index in [4.69, 9.17) is 0 Å². The Hall–Kier alpha value is -3.14. The molecule has 1 aromatic heterocycles. The summed E-state index contributed by atoms with van der Waals surface area (Å²) in [6.45, 7) is 7.39. The Balaban J connectivity index is 1.80. The Morgan fingerprint density at radius 3 is 2.62 bits per heavy atom. The molecule has 3 rings (SSSR count). The van der Waals surface area contributed by atoms with Gasteiger partial charge in [-0.25, -0.2) is 4.39 Å². The molecule has 0 unspecified atom stereocenters. The monoisotopic (exact) mass is 390 g/mol. The first-order valence-electron chi connectivity index (χ1n) is 9.95. The van der Waals surface area contributed by atoms with Gasteiger partial charge in [0, 0.05) is 25.0 Å². The van der Waals surface area contributed by atoms with Crippen molar-refractivity contribution in [1.29, 1.82) is 0 Å². The van der Waals surface area contributed by atoms with Crippen LogP contribution in [-0.2, 0) is 17.9 Å². The molecule has 3 nitrogen and oxygen atoms in total. The zero-order valence-electron chi connectivity index (χ0n) is 16.8. The Morgan fingerprint density at radius 1 is 1.14 bits per heavy atom. The molecule has 2 aromatic carbocycles. The van der Waals surface area contributed by atoms with Gasteiger partial charge < -0.3 is 9.47 Å². The van der Waals surface area contributed by atoms with E-state index in [1.165, 1.54) is 6.07 Å². The molecular weight excluding hydrogens is 363 g/mol. The summed E-state index contributed by atoms with van der Waals surface area (Å²) in [6, 6.07) is 20.5. The van der Waals surface area contributed by atoms with Crippen molar-refractivity contribution in [3.63, 3.8) is 0 Å². The van der Waals surface area contributed by atoms with Crippen LogP contribution < -0.4 is 0 Å². The summed E-state index contributed by atoms with van der Waals surface area (Å²) >= 11 is 0. The number of hydrogen-bond donors (Lipinski definition) is 0. The van der Waals surface area contributed by atoms with Gasteiger partial charge >= 0.3 is 0 Å². The van der Waals surface area contributed by atoms with Gasteiger partial charge in [-0.05, 0) is 41.8 Å². The summed E-state index contributed by atoms with van der Waals surface area (Å²) < 4.78 is 15.6. The highest BCUT2D eigenvalue weighted by molar-refractivity contribution is 5.83. The highest BCUT2D eigenvalue weighted by Gasteiger charge is 2.24. The van der Waals surface area contributed by atoms with E-state index in [-0.39, 0.29) is 17.6 Å². The van der Waals surface area contributed by atoms with Crippen LogP contribution in [0, 0.1) is 5.82 Å². The number of hydrogen-bond acceptors (Lipinski definition) is 1. The molecule has 29 heavy (non-hydrogen) atoms. The van der Waals surface area contributed by atoms with E-state index in [0.717, 1.165) is 23.2 Å². The quantitative estimate of drug-likeness (QED) is 0.450. The van der Waals surface area contributed by atoms with E-state index < -0.39 is 0 Å². The molecule has 0 saturated carbocycles. The van der Waals surface area contributed by atoms with Crippen molar-refractivity contribution >= 4 is 5.91 Å². The Kier molecular flexibility index (Phi) is 7.01. The Morgan fingerprint density at radius 2 is 1.93 bits per heavy atom. The van der Waals surface area contributed by atoms with Crippen molar-refractivity contribution in [3.05, 3.63) is 108 Å². The van der Waals surface area contributed by atoms with E-state index in [2.05, 4.69) is 11.1 Å². The lowest BCUT2D eigenvalue weighted by Gasteiger charge is -2.27. The first-order chi connectivity index (χ1) is 14.1. The summed E-state index contributed by atoms with van der Waals surface area (Å²) in [7, 11) is 0. The average molecular weight is 391 g/mol. The second-order valence-corrected chi connectivity index (χ2v) is 7.14. The lowest BCUT2D eigenvalue weighted by Crippen LogP contribution is -2.35. The maximum Gasteiger partial charge on any atom is 0.230 e. The number of carbonyl (C=O) groups excluding carboxylic acids is 1. The number of aromatic nitrogens is 1. The van der Waals surface area contributed by atoms with Crippen molar-refractivity contribution in [3.8, 4) is 0 Å². The van der Waals surface area contributed by atoms with Crippen molar-refractivity contribution < 1.29 is 9.18 Å². The number of halogens is 1. The van der Waals surface area contributed by atoms with Gasteiger partial charge in [-0.15, -0.1) is 6.58 Å². The fourth-order valence-electron chi connectivity index (χ4n) is 3.62. The van der Waals surface area contributed by atoms with Gasteiger partial charge in [0.25, 0.3) is 0 Å². The van der Waals surface area contributed by atoms with E-state index in [0.29, 0.717) is 19.6 Å². The van der Waals surface area contributed by atoms with Gasteiger partial charge in [0.05, 0.1) is 12.5 Å². The molecule has 0 bridgehead atoms. The Bertz CT molecular complexity index is 948. The van der Waals surface area contributed by atoms with E-state index in [1.54, 1.807) is 18.2 Å². The largest absolute Gasteiger partial charge is 0.345 e. The number of benzene rings is 2. The molecule has 0 saturated heterocycles. The van der Waals surface area contributed by atoms with E-state index in [1.807, 2.05) is 66.6 Å². The molecule has 0 aliphatic carbocycles. The van der Waals surface area contributed by atoms with Crippen LogP contribution in [0.15, 0.2) is 85.6 Å². The predicted molar refractivity (Wildman–Crippen MR) is 115 cm³/mol. The highest BCUT2D eigenvalue weighted by atomic mass is 19.1. The molecule has 0 fully saturated rings. The van der Waals surface area contributed by atoms with Crippen LogP contribution in [0.2, 0.25) is 0 Å². The Labute approximate surface area is 172 Å². The minimum atomic E-state index is -0.242. The number of carbonyl (C=O) groups is 1. The topological polar surface area (TPSA) is 25.2 Å². The second-order valence-electron chi connectivity index (χ2n) is 7.14. The summed E-state index contributed by atoms with van der Waals surface area (Å²) in [5.41, 5.74) is 2.93. The smallest absolute Gasteiger partial charge is 0.230 e. The molecule has 1 atom stereocenters. The molecule has 0 N–H and O–H groups in total. The lowest BCUT2D eigenvalue weighted by atomic mass is 9.95. The fourth-order valence-corrected chi connectivity index (χ4v) is 3.62. The van der Waals surface area contributed by atoms with Gasteiger partial charge in [-0.3, -0.25) is 4.79 Å². The van der Waals surface area contributed by atoms with Crippen molar-refractivity contribution in [1.82, 2.24) is 9.47 Å². The zero-order valence-corrected chi connectivity index (χ0v) is 16.8. The third kappa shape index (κ3) is 5.23. The number of nitrogens with zero attached hydrogens (tertiary/aromatic N) is 2. The van der Waals surface area contributed by atoms with Gasteiger partial charge in [-0.1, -0.05) is 55.5 Å². The normalized spacial score (nSPS) is 11.8. The molecule has 0 radical (unpaired) electrons. The van der Waals surface area contributed by atoms with Gasteiger partial charge in [0.15, 0.2) is 0 Å². The molecule has 0 spiro atoms. The van der Waals surface area contributed by atoms with E-state index >= 15 is 0 Å². The van der Waals surface area contributed by atoms with Gasteiger partial charge in [0.2, 0.25) is 5.91 Å². The predicted octanol–water partition coefficient (Wildman–Crippen LogP) is 5.38. The molecule has 1 amide bonds. The van der Waals surface area contributed by atoms with Crippen LogP contribution in [0.1, 0.15) is 36.1 Å². The van der Waals surface area contributed by atoms with E-state index in [9.17, 15) is 9.18 Å². The third-order valence-electron chi connectivity index (χ3n) is 5.09. The maximum atomic E-state index is 13.5. The molecular formula is C25H27FN2O. The number of rotatable bonds is 9. The summed E-state index contributed by atoms with van der Waals surface area (Å²) in [4.78, 5) is 15.2. The molecule has 0 aliphatic heterocycles. The fraction of sp³-hybridized carbons (Fsp3) is 0.240. The van der Waals surface area contributed by atoms with Gasteiger partial charge in [0.1, 0.15) is 5.82 Å². The first-order valence-corrected chi connectivity index (χ1v) is 9.95. The van der Waals surface area contributed by atoms with Crippen molar-refractivity contribution in [2.45, 2.75) is 32.4 Å². The van der Waals surface area contributed by atoms with Gasteiger partial charge in [-0.2, -0.15) is 0 Å². The van der Waals surface area contributed by atoms with Crippen LogP contribution in [-0.4, -0.2) is 21.9 Å². The zero-order chi connectivity index (χ0) is 20.6. The SMILES string of the molecule is C=CCN(Cc1cccn1Cc1cccc(F)c1)C(=O)[C@@H](CC)c1ccccc1. The molecule has 1 heterocycles. The lowest BCUT2D eigenvalue weighted by molar-refractivity contribution is -0.133. The van der Waals surface area contributed by atoms with Crippen LogP contribution in [0.3, 0.4) is 0 Å². The van der Waals surface area contributed by atoms with Crippen LogP contribution in [0.4, 0.5) is 4.39 Å². The van der Waals surface area contributed by atoms with Crippen molar-refractivity contribution in [2.24, 2.45) is 0 Å². The molecule has 0 aliphatic rings. The first kappa shape index (κ1) is 20.6. The molecule has 150 valence electrons. The molecule has 4 heteroatoms. The average Bonchev–Trinajstić information content (AvgIpc) is 3.15. The van der Waals surface area contributed by atoms with Crippen molar-refractivity contribution in [2.75, 3.05) is 6.54 Å². The number of amides is 1. The standard InChI is InChI=1S/C25H27FN2O/c1-3-15-28(25(29)24(4-2)21-11-6-5-7-12-21)19-23-14-9-16-27(23)18-20-10-8-13-22(26)17-20/h3,5-14,16-17,24H,1,4,15,18-19H2,2H3/t24-/m0/s1. The minimum absolute atomic E-state index is 0.0945. The van der Waals surface area contributed by atoms with Crippen LogP contribution >= 0.6 is 0 Å².